The lowest BCUT2D eigenvalue weighted by Crippen LogP contribution is -2.15. The average molecular weight is 339 g/mol. The predicted molar refractivity (Wildman–Crippen MR) is 72.7 cm³/mol. The number of anilines is 1. The third kappa shape index (κ3) is 5.43. The van der Waals surface area contributed by atoms with Gasteiger partial charge in [-0.05, 0) is 18.2 Å². The number of carboxylic acids is 1. The summed E-state index contributed by atoms with van der Waals surface area (Å²) in [5, 5.41) is 11.4. The molecule has 7 heteroatoms. The van der Waals surface area contributed by atoms with Crippen LogP contribution in [0.15, 0.2) is 22.7 Å². The Bertz CT molecular complexity index is 442. The average Bonchev–Trinajstić information content (AvgIpc) is 2.21. The van der Waals surface area contributed by atoms with Crippen molar-refractivity contribution in [2.45, 2.75) is 0 Å². The summed E-state index contributed by atoms with van der Waals surface area (Å²) in [4.78, 5) is 21.7. The summed E-state index contributed by atoms with van der Waals surface area (Å²) in [5.74, 6) is -1.23. The van der Waals surface area contributed by atoms with Crippen molar-refractivity contribution >= 4 is 56.9 Å². The maximum atomic E-state index is 11.4. The lowest BCUT2D eigenvalue weighted by atomic mass is 10.3. The highest BCUT2D eigenvalue weighted by atomic mass is 79.9. The molecule has 1 amide bonds. The zero-order valence-electron chi connectivity index (χ0n) is 8.57. The fraction of sp³-hybridized carbons (Fsp3) is 0.200. The molecule has 0 radical (unpaired) electrons. The Hall–Kier alpha value is -0.720. The van der Waals surface area contributed by atoms with Crippen molar-refractivity contribution in [1.82, 2.24) is 0 Å². The molecule has 1 aromatic carbocycles. The van der Waals surface area contributed by atoms with Gasteiger partial charge in [0.15, 0.2) is 0 Å². The molecule has 4 nitrogen and oxygen atoms in total. The van der Waals surface area contributed by atoms with E-state index in [9.17, 15) is 9.59 Å². The number of hydrogen-bond donors (Lipinski definition) is 2. The van der Waals surface area contributed by atoms with Crippen LogP contribution < -0.4 is 5.32 Å². The fourth-order valence-electron chi connectivity index (χ4n) is 1.01. The first-order valence-corrected chi connectivity index (χ1v) is 6.86. The number of carbonyl (C=O) groups excluding carboxylic acids is 1. The second kappa shape index (κ2) is 6.88. The Labute approximate surface area is 116 Å². The van der Waals surface area contributed by atoms with Crippen LogP contribution in [0.1, 0.15) is 0 Å². The Morgan fingerprint density at radius 1 is 1.41 bits per heavy atom. The Balaban J connectivity index is 2.48. The highest BCUT2D eigenvalue weighted by molar-refractivity contribution is 9.10. The summed E-state index contributed by atoms with van der Waals surface area (Å²) in [5.41, 5.74) is 0.510. The van der Waals surface area contributed by atoms with Crippen LogP contribution in [0.2, 0.25) is 5.02 Å². The van der Waals surface area contributed by atoms with Gasteiger partial charge in [-0.2, -0.15) is 0 Å². The molecule has 0 bridgehead atoms. The van der Waals surface area contributed by atoms with Crippen LogP contribution in [0.25, 0.3) is 0 Å². The van der Waals surface area contributed by atoms with Crippen molar-refractivity contribution in [3.05, 3.63) is 27.7 Å². The molecule has 0 aliphatic heterocycles. The zero-order valence-corrected chi connectivity index (χ0v) is 11.7. The van der Waals surface area contributed by atoms with Crippen molar-refractivity contribution in [3.63, 3.8) is 0 Å². The minimum absolute atomic E-state index is 0.0820. The van der Waals surface area contributed by atoms with Crippen LogP contribution in [-0.4, -0.2) is 28.5 Å². The summed E-state index contributed by atoms with van der Waals surface area (Å²) in [6.07, 6.45) is 0. The highest BCUT2D eigenvalue weighted by Crippen LogP contribution is 2.25. The summed E-state index contributed by atoms with van der Waals surface area (Å²) < 4.78 is 0.820. The second-order valence-corrected chi connectivity index (χ2v) is 5.37. The first kappa shape index (κ1) is 14.3. The molecular weight excluding hydrogens is 330 g/mol. The molecule has 1 rings (SSSR count). The lowest BCUT2D eigenvalue weighted by molar-refractivity contribution is -0.133. The number of aliphatic carboxylic acids is 1. The fourth-order valence-corrected chi connectivity index (χ4v) is 2.26. The molecule has 17 heavy (non-hydrogen) atoms. The Morgan fingerprint density at radius 2 is 2.12 bits per heavy atom. The first-order valence-electron chi connectivity index (χ1n) is 4.53. The summed E-state index contributed by atoms with van der Waals surface area (Å²) >= 11 is 10.2. The number of benzene rings is 1. The van der Waals surface area contributed by atoms with Gasteiger partial charge in [-0.1, -0.05) is 27.5 Å². The van der Waals surface area contributed by atoms with E-state index in [-0.39, 0.29) is 17.4 Å². The van der Waals surface area contributed by atoms with E-state index in [2.05, 4.69) is 21.2 Å². The van der Waals surface area contributed by atoms with Gasteiger partial charge >= 0.3 is 5.97 Å². The molecule has 0 unspecified atom stereocenters. The Morgan fingerprint density at radius 3 is 2.71 bits per heavy atom. The van der Waals surface area contributed by atoms with Gasteiger partial charge in [-0.25, -0.2) is 0 Å². The molecule has 0 fully saturated rings. The third-order valence-electron chi connectivity index (χ3n) is 1.66. The van der Waals surface area contributed by atoms with Gasteiger partial charge in [-0.3, -0.25) is 9.59 Å². The van der Waals surface area contributed by atoms with Crippen molar-refractivity contribution in [1.29, 1.82) is 0 Å². The summed E-state index contributed by atoms with van der Waals surface area (Å²) in [6, 6.07) is 5.10. The normalized spacial score (nSPS) is 10.0. The number of carbonyl (C=O) groups is 2. The smallest absolute Gasteiger partial charge is 0.313 e. The highest BCUT2D eigenvalue weighted by Gasteiger charge is 2.07. The lowest BCUT2D eigenvalue weighted by Gasteiger charge is -2.06. The molecule has 1 aromatic rings. The van der Waals surface area contributed by atoms with Crippen LogP contribution in [0.3, 0.4) is 0 Å². The number of rotatable bonds is 5. The van der Waals surface area contributed by atoms with E-state index in [1.807, 2.05) is 0 Å². The van der Waals surface area contributed by atoms with E-state index in [0.717, 1.165) is 16.2 Å². The second-order valence-electron chi connectivity index (χ2n) is 3.06. The molecule has 0 aliphatic rings. The Kier molecular flexibility index (Phi) is 5.80. The van der Waals surface area contributed by atoms with Crippen molar-refractivity contribution in [3.8, 4) is 0 Å². The molecule has 0 aromatic heterocycles. The first-order chi connectivity index (χ1) is 7.99. The van der Waals surface area contributed by atoms with Crippen molar-refractivity contribution in [2.75, 3.05) is 16.8 Å². The van der Waals surface area contributed by atoms with Crippen LogP contribution in [-0.2, 0) is 9.59 Å². The van der Waals surface area contributed by atoms with Crippen LogP contribution in [0.4, 0.5) is 5.69 Å². The molecule has 0 atom stereocenters. The molecule has 0 saturated carbocycles. The van der Waals surface area contributed by atoms with Crippen LogP contribution in [0.5, 0.6) is 0 Å². The molecular formula is C10H9BrClNO3S. The third-order valence-corrected chi connectivity index (χ3v) is 3.39. The van der Waals surface area contributed by atoms with Gasteiger partial charge in [0.25, 0.3) is 0 Å². The van der Waals surface area contributed by atoms with E-state index in [4.69, 9.17) is 16.7 Å². The van der Waals surface area contributed by atoms with E-state index in [1.54, 1.807) is 18.2 Å². The van der Waals surface area contributed by atoms with E-state index in [0.29, 0.717) is 10.7 Å². The molecule has 92 valence electrons. The topological polar surface area (TPSA) is 66.4 Å². The summed E-state index contributed by atoms with van der Waals surface area (Å²) in [6.45, 7) is 0. The number of thioether (sulfide) groups is 1. The van der Waals surface area contributed by atoms with Gasteiger partial charge in [0.1, 0.15) is 0 Å². The van der Waals surface area contributed by atoms with Crippen LogP contribution in [0, 0.1) is 0 Å². The van der Waals surface area contributed by atoms with Gasteiger partial charge in [0.2, 0.25) is 5.91 Å². The van der Waals surface area contributed by atoms with Gasteiger partial charge in [0.05, 0.1) is 22.2 Å². The zero-order chi connectivity index (χ0) is 12.8. The van der Waals surface area contributed by atoms with Crippen molar-refractivity contribution in [2.24, 2.45) is 0 Å². The number of hydrogen-bond acceptors (Lipinski definition) is 3. The van der Waals surface area contributed by atoms with Gasteiger partial charge < -0.3 is 10.4 Å². The molecule has 0 saturated heterocycles. The number of carboxylic acid groups (broad SMARTS) is 1. The van der Waals surface area contributed by atoms with E-state index >= 15 is 0 Å². The summed E-state index contributed by atoms with van der Waals surface area (Å²) in [7, 11) is 0. The molecule has 0 aliphatic carbocycles. The van der Waals surface area contributed by atoms with E-state index < -0.39 is 5.97 Å². The number of amides is 1. The van der Waals surface area contributed by atoms with Crippen LogP contribution >= 0.6 is 39.3 Å². The van der Waals surface area contributed by atoms with Gasteiger partial charge in [0, 0.05) is 4.47 Å². The largest absolute Gasteiger partial charge is 0.481 e. The maximum Gasteiger partial charge on any atom is 0.313 e. The monoisotopic (exact) mass is 337 g/mol. The van der Waals surface area contributed by atoms with Gasteiger partial charge in [-0.15, -0.1) is 11.8 Å². The standard InChI is InChI=1S/C10H9BrClNO3S/c11-6-1-2-8(7(12)3-6)13-9(14)4-17-5-10(15)16/h1-3H,4-5H2,(H,13,14)(H,15,16). The quantitative estimate of drug-likeness (QED) is 0.866. The van der Waals surface area contributed by atoms with E-state index in [1.165, 1.54) is 0 Å². The molecule has 0 heterocycles. The predicted octanol–water partition coefficient (Wildman–Crippen LogP) is 2.86. The minimum atomic E-state index is -0.940. The minimum Gasteiger partial charge on any atom is -0.481 e. The number of nitrogens with one attached hydrogen (secondary N) is 1. The maximum absolute atomic E-state index is 11.4. The molecule has 2 N–H and O–H groups in total. The SMILES string of the molecule is O=C(O)CSCC(=O)Nc1ccc(Br)cc1Cl. The molecule has 0 spiro atoms. The number of halogens is 2. The van der Waals surface area contributed by atoms with Crippen molar-refractivity contribution < 1.29 is 14.7 Å².